The third-order valence-electron chi connectivity index (χ3n) is 3.75. The number of amides is 1. The van der Waals surface area contributed by atoms with E-state index in [4.69, 9.17) is 0 Å². The van der Waals surface area contributed by atoms with Gasteiger partial charge in [0.25, 0.3) is 5.91 Å². The minimum absolute atomic E-state index is 0.0885. The van der Waals surface area contributed by atoms with E-state index in [1.165, 1.54) is 0 Å². The van der Waals surface area contributed by atoms with E-state index in [2.05, 4.69) is 33.2 Å². The van der Waals surface area contributed by atoms with Crippen molar-refractivity contribution in [3.05, 3.63) is 34.2 Å². The molecule has 112 valence electrons. The molecule has 0 aliphatic carbocycles. The Hall–Kier alpha value is -1.40. The minimum Gasteiger partial charge on any atom is -0.335 e. The summed E-state index contributed by atoms with van der Waals surface area (Å²) in [6, 6.07) is 3.90. The van der Waals surface area contributed by atoms with E-state index in [9.17, 15) is 4.79 Å². The average Bonchev–Trinajstić information content (AvgIpc) is 2.85. The molecule has 0 atom stereocenters. The fraction of sp³-hybridized carbons (Fsp3) is 0.467. The lowest BCUT2D eigenvalue weighted by molar-refractivity contribution is 0.0727. The summed E-state index contributed by atoms with van der Waals surface area (Å²) in [5, 5.41) is 3.28. The highest BCUT2D eigenvalue weighted by Gasteiger charge is 2.25. The molecule has 0 unspecified atom stereocenters. The first-order chi connectivity index (χ1) is 10.2. The van der Waals surface area contributed by atoms with Crippen molar-refractivity contribution in [3.63, 3.8) is 0 Å². The molecule has 1 saturated heterocycles. The van der Waals surface area contributed by atoms with Gasteiger partial charge in [0, 0.05) is 36.8 Å². The van der Waals surface area contributed by atoms with E-state index < -0.39 is 0 Å². The van der Waals surface area contributed by atoms with Crippen molar-refractivity contribution >= 4 is 27.5 Å². The molecule has 0 bridgehead atoms. The summed E-state index contributed by atoms with van der Waals surface area (Å²) < 4.78 is 2.87. The highest BCUT2D eigenvalue weighted by Crippen LogP contribution is 2.20. The van der Waals surface area contributed by atoms with E-state index in [1.807, 2.05) is 27.6 Å². The zero-order chi connectivity index (χ0) is 14.8. The first-order valence-corrected chi connectivity index (χ1v) is 8.16. The lowest BCUT2D eigenvalue weighted by Crippen LogP contribution is -2.46. The molecule has 1 aliphatic rings. The normalized spacial score (nSPS) is 15.6. The number of piperazine rings is 1. The fourth-order valence-corrected chi connectivity index (χ4v) is 3.06. The van der Waals surface area contributed by atoms with Gasteiger partial charge in [-0.3, -0.25) is 9.20 Å². The molecule has 2 aromatic heterocycles. The van der Waals surface area contributed by atoms with Crippen LogP contribution in [0.5, 0.6) is 0 Å². The number of rotatable bonds is 3. The van der Waals surface area contributed by atoms with Gasteiger partial charge < -0.3 is 10.2 Å². The van der Waals surface area contributed by atoms with Crippen molar-refractivity contribution < 1.29 is 4.79 Å². The maximum atomic E-state index is 12.9. The number of halogens is 1. The average molecular weight is 351 g/mol. The monoisotopic (exact) mass is 350 g/mol. The number of pyridine rings is 1. The summed E-state index contributed by atoms with van der Waals surface area (Å²) in [5.74, 6) is 0.0885. The van der Waals surface area contributed by atoms with Crippen LogP contribution in [-0.2, 0) is 6.42 Å². The molecule has 0 aromatic carbocycles. The molecule has 0 saturated carbocycles. The number of carbonyl (C=O) groups excluding carboxylic acids is 1. The summed E-state index contributed by atoms with van der Waals surface area (Å²) in [6.07, 6.45) is 3.73. The van der Waals surface area contributed by atoms with E-state index >= 15 is 0 Å². The van der Waals surface area contributed by atoms with Crippen LogP contribution in [0.2, 0.25) is 0 Å². The number of imidazole rings is 1. The molecule has 1 N–H and O–H groups in total. The number of nitrogens with one attached hydrogen (secondary N) is 1. The Kier molecular flexibility index (Phi) is 4.26. The molecule has 3 rings (SSSR count). The Morgan fingerprint density at radius 3 is 2.86 bits per heavy atom. The third kappa shape index (κ3) is 2.82. The fourth-order valence-electron chi connectivity index (χ4n) is 2.72. The highest BCUT2D eigenvalue weighted by molar-refractivity contribution is 9.10. The number of aromatic nitrogens is 2. The second kappa shape index (κ2) is 6.15. The Morgan fingerprint density at radius 2 is 2.14 bits per heavy atom. The Bertz CT molecular complexity index is 661. The maximum absolute atomic E-state index is 12.9. The summed E-state index contributed by atoms with van der Waals surface area (Å²) in [4.78, 5) is 19.5. The first-order valence-electron chi connectivity index (χ1n) is 7.37. The maximum Gasteiger partial charge on any atom is 0.272 e. The van der Waals surface area contributed by atoms with Crippen molar-refractivity contribution in [1.29, 1.82) is 0 Å². The molecule has 21 heavy (non-hydrogen) atoms. The number of carbonyl (C=O) groups is 1. The number of aryl methyl sites for hydroxylation is 1. The molecule has 1 amide bonds. The molecular weight excluding hydrogens is 332 g/mol. The van der Waals surface area contributed by atoms with Gasteiger partial charge in [-0.2, -0.15) is 0 Å². The van der Waals surface area contributed by atoms with Gasteiger partial charge in [0.05, 0.1) is 5.69 Å². The Balaban J connectivity index is 2.07. The van der Waals surface area contributed by atoms with Crippen molar-refractivity contribution in [2.45, 2.75) is 19.8 Å². The molecule has 1 fully saturated rings. The number of nitrogens with zero attached hydrogens (tertiary/aromatic N) is 3. The zero-order valence-corrected chi connectivity index (χ0v) is 13.7. The summed E-state index contributed by atoms with van der Waals surface area (Å²) in [5.41, 5.74) is 2.45. The molecule has 0 radical (unpaired) electrons. The van der Waals surface area contributed by atoms with Gasteiger partial charge >= 0.3 is 0 Å². The molecule has 5 nitrogen and oxygen atoms in total. The summed E-state index contributed by atoms with van der Waals surface area (Å²) in [7, 11) is 0. The van der Waals surface area contributed by atoms with E-state index in [-0.39, 0.29) is 5.91 Å². The zero-order valence-electron chi connectivity index (χ0n) is 12.1. The SMILES string of the molecule is CCCc1nc2ccc(Br)cn2c1C(=O)N1CCNCC1. The van der Waals surface area contributed by atoms with Crippen LogP contribution < -0.4 is 5.32 Å². The molecule has 2 aromatic rings. The van der Waals surface area contributed by atoms with Crippen LogP contribution in [0, 0.1) is 0 Å². The molecule has 0 spiro atoms. The number of hydrogen-bond acceptors (Lipinski definition) is 3. The van der Waals surface area contributed by atoms with Crippen LogP contribution in [0.3, 0.4) is 0 Å². The van der Waals surface area contributed by atoms with Crippen molar-refractivity contribution in [3.8, 4) is 0 Å². The molecule has 6 heteroatoms. The summed E-state index contributed by atoms with van der Waals surface area (Å²) >= 11 is 3.48. The van der Waals surface area contributed by atoms with Crippen LogP contribution in [0.4, 0.5) is 0 Å². The lowest BCUT2D eigenvalue weighted by atomic mass is 10.2. The second-order valence-electron chi connectivity index (χ2n) is 5.27. The Labute approximate surface area is 132 Å². The van der Waals surface area contributed by atoms with Gasteiger partial charge in [-0.15, -0.1) is 0 Å². The summed E-state index contributed by atoms with van der Waals surface area (Å²) in [6.45, 7) is 5.33. The minimum atomic E-state index is 0.0885. The van der Waals surface area contributed by atoms with E-state index in [0.717, 1.165) is 60.5 Å². The number of fused-ring (bicyclic) bond motifs is 1. The van der Waals surface area contributed by atoms with Gasteiger partial charge in [0.15, 0.2) is 0 Å². The number of hydrogen-bond donors (Lipinski definition) is 1. The Morgan fingerprint density at radius 1 is 1.38 bits per heavy atom. The second-order valence-corrected chi connectivity index (χ2v) is 6.19. The van der Waals surface area contributed by atoms with Gasteiger partial charge in [0.2, 0.25) is 0 Å². The van der Waals surface area contributed by atoms with Crippen LogP contribution in [0.15, 0.2) is 22.8 Å². The van der Waals surface area contributed by atoms with Crippen LogP contribution in [0.25, 0.3) is 5.65 Å². The van der Waals surface area contributed by atoms with Crippen molar-refractivity contribution in [2.24, 2.45) is 0 Å². The predicted molar refractivity (Wildman–Crippen MR) is 85.7 cm³/mol. The van der Waals surface area contributed by atoms with Gasteiger partial charge in [-0.1, -0.05) is 13.3 Å². The first kappa shape index (κ1) is 14.5. The smallest absolute Gasteiger partial charge is 0.272 e. The van der Waals surface area contributed by atoms with Crippen LogP contribution in [0.1, 0.15) is 29.5 Å². The van der Waals surface area contributed by atoms with Gasteiger partial charge in [-0.05, 0) is 34.5 Å². The third-order valence-corrected chi connectivity index (χ3v) is 4.22. The quantitative estimate of drug-likeness (QED) is 0.921. The van der Waals surface area contributed by atoms with Gasteiger partial charge in [0.1, 0.15) is 11.3 Å². The molecular formula is C15H19BrN4O. The largest absolute Gasteiger partial charge is 0.335 e. The van der Waals surface area contributed by atoms with Crippen LogP contribution in [-0.4, -0.2) is 46.4 Å². The predicted octanol–water partition coefficient (Wildman–Crippen LogP) is 2.09. The lowest BCUT2D eigenvalue weighted by Gasteiger charge is -2.27. The topological polar surface area (TPSA) is 49.6 Å². The van der Waals surface area contributed by atoms with Crippen molar-refractivity contribution in [2.75, 3.05) is 26.2 Å². The van der Waals surface area contributed by atoms with Crippen molar-refractivity contribution in [1.82, 2.24) is 19.6 Å². The highest BCUT2D eigenvalue weighted by atomic mass is 79.9. The van der Waals surface area contributed by atoms with Gasteiger partial charge in [-0.25, -0.2) is 4.98 Å². The van der Waals surface area contributed by atoms with E-state index in [0.29, 0.717) is 0 Å². The van der Waals surface area contributed by atoms with Crippen LogP contribution >= 0.6 is 15.9 Å². The molecule has 1 aliphatic heterocycles. The van der Waals surface area contributed by atoms with E-state index in [1.54, 1.807) is 0 Å². The molecule has 3 heterocycles. The standard InChI is InChI=1S/C15H19BrN4O/c1-2-3-12-14(15(21)19-8-6-17-7-9-19)20-10-11(16)4-5-13(20)18-12/h4-5,10,17H,2-3,6-9H2,1H3.